The van der Waals surface area contributed by atoms with Crippen molar-refractivity contribution in [2.45, 2.75) is 38.1 Å². The molecule has 1 atom stereocenters. The number of carbonyl (C=O) groups excluding carboxylic acids is 1. The third-order valence-electron chi connectivity index (χ3n) is 6.14. The lowest BCUT2D eigenvalue weighted by Crippen LogP contribution is -2.40. The Hall–Kier alpha value is -2.67. The van der Waals surface area contributed by atoms with Crippen molar-refractivity contribution in [2.75, 3.05) is 46.2 Å². The fourth-order valence-electron chi connectivity index (χ4n) is 4.45. The van der Waals surface area contributed by atoms with Crippen LogP contribution in [0.5, 0.6) is 5.75 Å². The summed E-state index contributed by atoms with van der Waals surface area (Å²) < 4.78 is 5.28. The number of nitrogens with zero attached hydrogens (tertiary/aromatic N) is 4. The molecule has 4 rings (SSSR count). The van der Waals surface area contributed by atoms with Crippen LogP contribution in [0.1, 0.15) is 41.4 Å². The van der Waals surface area contributed by atoms with Gasteiger partial charge in [0.15, 0.2) is 0 Å². The van der Waals surface area contributed by atoms with Crippen molar-refractivity contribution < 1.29 is 9.53 Å². The van der Waals surface area contributed by atoms with Crippen LogP contribution in [0.25, 0.3) is 0 Å². The number of rotatable bonds is 5. The second-order valence-electron chi connectivity index (χ2n) is 8.30. The van der Waals surface area contributed by atoms with Gasteiger partial charge in [0.2, 0.25) is 5.91 Å². The molecule has 1 saturated heterocycles. The molecular formula is C23H31N5O2. The standard InChI is InChI=1S/C23H31N5O2/c1-24-23-19-9-11-27(2)15-20(19)25-22(26-23)17-7-5-10-28(14-17)21(29)13-16-6-4-8-18(12-16)30-3/h4,6,8,12,17H,5,7,9-11,13-15H2,1-3H3,(H,24,25,26)/t17-/m1/s1. The Morgan fingerprint density at radius 3 is 2.97 bits per heavy atom. The molecule has 1 amide bonds. The molecule has 0 aliphatic carbocycles. The molecule has 0 unspecified atom stereocenters. The van der Waals surface area contributed by atoms with E-state index in [2.05, 4.69) is 17.3 Å². The lowest BCUT2D eigenvalue weighted by Gasteiger charge is -2.33. The van der Waals surface area contributed by atoms with E-state index in [1.807, 2.05) is 36.2 Å². The van der Waals surface area contributed by atoms with E-state index >= 15 is 0 Å². The molecule has 30 heavy (non-hydrogen) atoms. The average Bonchev–Trinajstić information content (AvgIpc) is 2.78. The molecule has 1 aromatic heterocycles. The molecule has 3 heterocycles. The number of ether oxygens (including phenoxy) is 1. The van der Waals surface area contributed by atoms with Gasteiger partial charge in [-0.15, -0.1) is 0 Å². The first-order valence-electron chi connectivity index (χ1n) is 10.7. The zero-order valence-corrected chi connectivity index (χ0v) is 18.1. The summed E-state index contributed by atoms with van der Waals surface area (Å²) in [4.78, 5) is 27.0. The van der Waals surface area contributed by atoms with Crippen LogP contribution in [0, 0.1) is 0 Å². The number of hydrogen-bond acceptors (Lipinski definition) is 6. The van der Waals surface area contributed by atoms with Crippen LogP contribution >= 0.6 is 0 Å². The predicted octanol–water partition coefficient (Wildman–Crippen LogP) is 2.46. The Bertz CT molecular complexity index is 916. The third-order valence-corrected chi connectivity index (χ3v) is 6.14. The summed E-state index contributed by atoms with van der Waals surface area (Å²) in [5.74, 6) is 2.93. The lowest BCUT2D eigenvalue weighted by atomic mass is 9.95. The summed E-state index contributed by atoms with van der Waals surface area (Å²) in [6.45, 7) is 3.36. The fraction of sp³-hybridized carbons (Fsp3) is 0.522. The third kappa shape index (κ3) is 4.41. The smallest absolute Gasteiger partial charge is 0.227 e. The number of methoxy groups -OCH3 is 1. The van der Waals surface area contributed by atoms with Crippen LogP contribution in [0.15, 0.2) is 24.3 Å². The minimum absolute atomic E-state index is 0.152. The normalized spacial score (nSPS) is 19.3. The van der Waals surface area contributed by atoms with E-state index in [-0.39, 0.29) is 11.8 Å². The SMILES string of the molecule is CNc1nc([C@@H]2CCCN(C(=O)Cc3cccc(OC)c3)C2)nc2c1CCN(C)C2. The van der Waals surface area contributed by atoms with E-state index in [1.54, 1.807) is 7.11 Å². The summed E-state index contributed by atoms with van der Waals surface area (Å²) in [7, 11) is 5.70. The number of carbonyl (C=O) groups is 1. The van der Waals surface area contributed by atoms with Crippen molar-refractivity contribution in [3.8, 4) is 5.75 Å². The number of aromatic nitrogens is 2. The molecule has 1 fully saturated rings. The van der Waals surface area contributed by atoms with Crippen LogP contribution in [-0.2, 0) is 24.2 Å². The highest BCUT2D eigenvalue weighted by Gasteiger charge is 2.29. The Morgan fingerprint density at radius 1 is 1.30 bits per heavy atom. The van der Waals surface area contributed by atoms with Gasteiger partial charge in [-0.25, -0.2) is 9.97 Å². The van der Waals surface area contributed by atoms with Gasteiger partial charge in [-0.1, -0.05) is 12.1 Å². The number of anilines is 1. The second kappa shape index (κ2) is 9.00. The van der Waals surface area contributed by atoms with Crippen molar-refractivity contribution >= 4 is 11.7 Å². The van der Waals surface area contributed by atoms with E-state index in [0.717, 1.165) is 67.5 Å². The minimum atomic E-state index is 0.152. The van der Waals surface area contributed by atoms with Gasteiger partial charge in [-0.05, 0) is 44.0 Å². The molecular weight excluding hydrogens is 378 g/mol. The first-order chi connectivity index (χ1) is 14.6. The van der Waals surface area contributed by atoms with Gasteiger partial charge in [-0.2, -0.15) is 0 Å². The number of likely N-dealkylation sites (tertiary alicyclic amines) is 1. The van der Waals surface area contributed by atoms with Gasteiger partial charge < -0.3 is 19.9 Å². The van der Waals surface area contributed by atoms with Gasteiger partial charge in [-0.3, -0.25) is 4.79 Å². The first kappa shape index (κ1) is 20.6. The Labute approximate surface area is 178 Å². The van der Waals surface area contributed by atoms with E-state index in [4.69, 9.17) is 14.7 Å². The minimum Gasteiger partial charge on any atom is -0.497 e. The van der Waals surface area contributed by atoms with Gasteiger partial charge in [0.05, 0.1) is 19.2 Å². The molecule has 2 aromatic rings. The zero-order valence-electron chi connectivity index (χ0n) is 18.1. The Balaban J connectivity index is 1.49. The maximum atomic E-state index is 13.0. The van der Waals surface area contributed by atoms with Gasteiger partial charge in [0.25, 0.3) is 0 Å². The fourth-order valence-corrected chi connectivity index (χ4v) is 4.45. The number of nitrogens with one attached hydrogen (secondary N) is 1. The number of likely N-dealkylation sites (N-methyl/N-ethyl adjacent to an activating group) is 1. The number of fused-ring (bicyclic) bond motifs is 1. The maximum absolute atomic E-state index is 13.0. The lowest BCUT2D eigenvalue weighted by molar-refractivity contribution is -0.131. The molecule has 0 bridgehead atoms. The molecule has 0 spiro atoms. The van der Waals surface area contributed by atoms with Crippen LogP contribution in [0.4, 0.5) is 5.82 Å². The molecule has 160 valence electrons. The van der Waals surface area contributed by atoms with E-state index in [9.17, 15) is 4.79 Å². The monoisotopic (exact) mass is 409 g/mol. The molecule has 2 aliphatic rings. The van der Waals surface area contributed by atoms with Crippen molar-refractivity contribution in [2.24, 2.45) is 0 Å². The van der Waals surface area contributed by atoms with Crippen molar-refractivity contribution in [1.29, 1.82) is 0 Å². The van der Waals surface area contributed by atoms with Gasteiger partial charge >= 0.3 is 0 Å². The highest BCUT2D eigenvalue weighted by molar-refractivity contribution is 5.79. The summed E-state index contributed by atoms with van der Waals surface area (Å²) in [6, 6.07) is 7.73. The maximum Gasteiger partial charge on any atom is 0.227 e. The van der Waals surface area contributed by atoms with Crippen LogP contribution in [-0.4, -0.2) is 66.5 Å². The van der Waals surface area contributed by atoms with Crippen LogP contribution < -0.4 is 10.1 Å². The molecule has 0 saturated carbocycles. The van der Waals surface area contributed by atoms with Crippen molar-refractivity contribution in [1.82, 2.24) is 19.8 Å². The Morgan fingerprint density at radius 2 is 2.17 bits per heavy atom. The van der Waals surface area contributed by atoms with E-state index < -0.39 is 0 Å². The molecule has 1 N–H and O–H groups in total. The molecule has 2 aliphatic heterocycles. The first-order valence-corrected chi connectivity index (χ1v) is 10.7. The number of benzene rings is 1. The number of piperidine rings is 1. The topological polar surface area (TPSA) is 70.6 Å². The average molecular weight is 410 g/mol. The van der Waals surface area contributed by atoms with E-state index in [1.165, 1.54) is 5.56 Å². The largest absolute Gasteiger partial charge is 0.497 e. The quantitative estimate of drug-likeness (QED) is 0.818. The summed E-state index contributed by atoms with van der Waals surface area (Å²) in [5.41, 5.74) is 3.34. The molecule has 0 radical (unpaired) electrons. The van der Waals surface area contributed by atoms with Crippen LogP contribution in [0.3, 0.4) is 0 Å². The molecule has 7 heteroatoms. The van der Waals surface area contributed by atoms with Crippen molar-refractivity contribution in [3.05, 3.63) is 46.9 Å². The van der Waals surface area contributed by atoms with Crippen molar-refractivity contribution in [3.63, 3.8) is 0 Å². The van der Waals surface area contributed by atoms with Gasteiger partial charge in [0.1, 0.15) is 17.4 Å². The summed E-state index contributed by atoms with van der Waals surface area (Å²) >= 11 is 0. The zero-order chi connectivity index (χ0) is 21.1. The summed E-state index contributed by atoms with van der Waals surface area (Å²) in [5, 5.41) is 3.26. The Kier molecular flexibility index (Phi) is 6.18. The number of amides is 1. The molecule has 7 nitrogen and oxygen atoms in total. The van der Waals surface area contributed by atoms with Crippen LogP contribution in [0.2, 0.25) is 0 Å². The van der Waals surface area contributed by atoms with E-state index in [0.29, 0.717) is 13.0 Å². The molecule has 1 aromatic carbocycles. The predicted molar refractivity (Wildman–Crippen MR) is 117 cm³/mol. The van der Waals surface area contributed by atoms with Gasteiger partial charge in [0, 0.05) is 44.7 Å². The highest BCUT2D eigenvalue weighted by Crippen LogP contribution is 2.30. The highest BCUT2D eigenvalue weighted by atomic mass is 16.5. The second-order valence-corrected chi connectivity index (χ2v) is 8.30. The number of hydrogen-bond donors (Lipinski definition) is 1. The summed E-state index contributed by atoms with van der Waals surface area (Å²) in [6.07, 6.45) is 3.35.